The summed E-state index contributed by atoms with van der Waals surface area (Å²) in [6.45, 7) is 0. The molecule has 5 aromatic rings. The van der Waals surface area contributed by atoms with E-state index in [4.69, 9.17) is 0 Å². The third kappa shape index (κ3) is 4.89. The fourth-order valence-corrected chi connectivity index (χ4v) is 4.32. The first-order chi connectivity index (χ1) is 16.8. The van der Waals surface area contributed by atoms with Gasteiger partial charge >= 0.3 is 0 Å². The first-order valence-electron chi connectivity index (χ1n) is 10.8. The molecule has 0 saturated heterocycles. The minimum absolute atomic E-state index is 0.162. The second-order valence-corrected chi connectivity index (χ2v) is 8.47. The Hall–Kier alpha value is -4.23. The molecule has 0 aliphatic heterocycles. The fourth-order valence-electron chi connectivity index (χ4n) is 3.58. The van der Waals surface area contributed by atoms with E-state index in [1.807, 2.05) is 95.6 Å². The van der Waals surface area contributed by atoms with Crippen molar-refractivity contribution >= 4 is 34.7 Å². The van der Waals surface area contributed by atoms with Crippen molar-refractivity contribution in [3.8, 4) is 17.1 Å². The molecule has 1 amide bonds. The first-order valence-corrected chi connectivity index (χ1v) is 11.8. The summed E-state index contributed by atoms with van der Waals surface area (Å²) >= 11 is 1.32. The zero-order valence-electron chi connectivity index (χ0n) is 18.2. The number of rotatable bonds is 7. The molecule has 0 saturated carbocycles. The van der Waals surface area contributed by atoms with E-state index in [0.717, 1.165) is 33.4 Å². The molecular formula is C27H21N5OS. The van der Waals surface area contributed by atoms with Crippen LogP contribution in [0.3, 0.4) is 0 Å². The Balaban J connectivity index is 1.28. The van der Waals surface area contributed by atoms with Gasteiger partial charge in [0.25, 0.3) is 5.91 Å². The van der Waals surface area contributed by atoms with E-state index in [9.17, 15) is 4.79 Å². The van der Waals surface area contributed by atoms with Gasteiger partial charge in [0.05, 0.1) is 12.0 Å². The summed E-state index contributed by atoms with van der Waals surface area (Å²) in [5.74, 6) is 0.671. The molecule has 0 spiro atoms. The number of amides is 1. The van der Waals surface area contributed by atoms with Crippen molar-refractivity contribution in [3.05, 3.63) is 109 Å². The highest BCUT2D eigenvalue weighted by molar-refractivity contribution is 7.99. The highest BCUT2D eigenvalue weighted by atomic mass is 32.2. The zero-order chi connectivity index (χ0) is 23.2. The van der Waals surface area contributed by atoms with Crippen LogP contribution in [-0.4, -0.2) is 32.6 Å². The highest BCUT2D eigenvalue weighted by Gasteiger charge is 2.17. The Morgan fingerprint density at radius 2 is 1.56 bits per heavy atom. The third-order valence-corrected chi connectivity index (χ3v) is 6.12. The Morgan fingerprint density at radius 1 is 0.853 bits per heavy atom. The largest absolute Gasteiger partial charge is 0.272 e. The zero-order valence-corrected chi connectivity index (χ0v) is 19.0. The Kier molecular flexibility index (Phi) is 6.45. The van der Waals surface area contributed by atoms with E-state index in [0.29, 0.717) is 5.16 Å². The van der Waals surface area contributed by atoms with E-state index in [1.54, 1.807) is 6.21 Å². The number of hydrogen-bond acceptors (Lipinski definition) is 5. The van der Waals surface area contributed by atoms with Gasteiger partial charge in [-0.1, -0.05) is 96.7 Å². The second-order valence-electron chi connectivity index (χ2n) is 7.53. The summed E-state index contributed by atoms with van der Waals surface area (Å²) in [4.78, 5) is 12.4. The highest BCUT2D eigenvalue weighted by Crippen LogP contribution is 2.27. The molecule has 7 heteroatoms. The normalized spacial score (nSPS) is 11.2. The van der Waals surface area contributed by atoms with Crippen LogP contribution in [0, 0.1) is 0 Å². The Bertz CT molecular complexity index is 1450. The molecule has 6 nitrogen and oxygen atoms in total. The summed E-state index contributed by atoms with van der Waals surface area (Å²) in [5, 5.41) is 15.8. The van der Waals surface area contributed by atoms with Crippen LogP contribution in [0.4, 0.5) is 0 Å². The van der Waals surface area contributed by atoms with Gasteiger partial charge in [0.2, 0.25) is 0 Å². The van der Waals surface area contributed by atoms with Crippen LogP contribution in [0.15, 0.2) is 113 Å². The van der Waals surface area contributed by atoms with Crippen LogP contribution < -0.4 is 5.43 Å². The monoisotopic (exact) mass is 463 g/mol. The lowest BCUT2D eigenvalue weighted by molar-refractivity contribution is -0.118. The minimum atomic E-state index is -0.217. The summed E-state index contributed by atoms with van der Waals surface area (Å²) in [5.41, 5.74) is 5.41. The van der Waals surface area contributed by atoms with Crippen LogP contribution in [0.2, 0.25) is 0 Å². The van der Waals surface area contributed by atoms with Crippen molar-refractivity contribution < 1.29 is 4.79 Å². The molecule has 0 atom stereocenters. The quantitative estimate of drug-likeness (QED) is 0.201. The number of para-hydroxylation sites is 1. The van der Waals surface area contributed by atoms with Gasteiger partial charge in [-0.2, -0.15) is 5.10 Å². The fraction of sp³-hybridized carbons (Fsp3) is 0.0370. The lowest BCUT2D eigenvalue weighted by Crippen LogP contribution is -2.20. The molecule has 34 heavy (non-hydrogen) atoms. The minimum Gasteiger partial charge on any atom is -0.272 e. The van der Waals surface area contributed by atoms with E-state index < -0.39 is 0 Å². The maximum atomic E-state index is 12.4. The van der Waals surface area contributed by atoms with E-state index in [-0.39, 0.29) is 11.7 Å². The van der Waals surface area contributed by atoms with Gasteiger partial charge in [0.1, 0.15) is 0 Å². The van der Waals surface area contributed by atoms with Crippen molar-refractivity contribution in [1.29, 1.82) is 0 Å². The summed E-state index contributed by atoms with van der Waals surface area (Å²) < 4.78 is 1.96. The number of nitrogens with zero attached hydrogens (tertiary/aromatic N) is 4. The average molecular weight is 464 g/mol. The van der Waals surface area contributed by atoms with Gasteiger partial charge in [0.15, 0.2) is 11.0 Å². The van der Waals surface area contributed by atoms with Gasteiger partial charge < -0.3 is 0 Å². The van der Waals surface area contributed by atoms with Crippen molar-refractivity contribution in [2.45, 2.75) is 5.16 Å². The molecule has 0 aliphatic carbocycles. The topological polar surface area (TPSA) is 72.2 Å². The number of hydrazone groups is 1. The molecule has 5 rings (SSSR count). The van der Waals surface area contributed by atoms with E-state index in [1.165, 1.54) is 11.8 Å². The molecule has 0 unspecified atom stereocenters. The summed E-state index contributed by atoms with van der Waals surface area (Å²) in [7, 11) is 0. The Labute approximate surface area is 201 Å². The van der Waals surface area contributed by atoms with Crippen molar-refractivity contribution in [2.24, 2.45) is 5.10 Å². The van der Waals surface area contributed by atoms with Crippen molar-refractivity contribution in [2.75, 3.05) is 5.75 Å². The van der Waals surface area contributed by atoms with Gasteiger partial charge in [0, 0.05) is 11.3 Å². The standard InChI is InChI=1S/C27H21N5OS/c33-25(29-28-18-20-15-16-21-9-7-8-12-23(21)17-20)19-34-27-31-30-26(22-10-3-1-4-11-22)32(27)24-13-5-2-6-14-24/h1-18H,19H2,(H,29,33)/b28-18+. The molecule has 0 radical (unpaired) electrons. The molecule has 0 aliphatic rings. The number of carbonyl (C=O) groups is 1. The number of fused-ring (bicyclic) bond motifs is 1. The molecule has 4 aromatic carbocycles. The van der Waals surface area contributed by atoms with E-state index in [2.05, 4.69) is 32.9 Å². The van der Waals surface area contributed by atoms with Crippen molar-refractivity contribution in [1.82, 2.24) is 20.2 Å². The van der Waals surface area contributed by atoms with Gasteiger partial charge in [-0.15, -0.1) is 10.2 Å². The van der Waals surface area contributed by atoms with Crippen LogP contribution >= 0.6 is 11.8 Å². The molecule has 1 aromatic heterocycles. The van der Waals surface area contributed by atoms with Crippen LogP contribution in [0.25, 0.3) is 27.8 Å². The van der Waals surface area contributed by atoms with Crippen molar-refractivity contribution in [3.63, 3.8) is 0 Å². The predicted molar refractivity (Wildman–Crippen MR) is 137 cm³/mol. The van der Waals surface area contributed by atoms with Crippen LogP contribution in [0.5, 0.6) is 0 Å². The number of nitrogens with one attached hydrogen (secondary N) is 1. The van der Waals surface area contributed by atoms with Gasteiger partial charge in [-0.05, 0) is 34.5 Å². The van der Waals surface area contributed by atoms with Gasteiger partial charge in [-0.25, -0.2) is 5.43 Å². The van der Waals surface area contributed by atoms with E-state index >= 15 is 0 Å². The molecule has 0 fully saturated rings. The Morgan fingerprint density at radius 3 is 2.35 bits per heavy atom. The molecule has 166 valence electrons. The number of benzene rings is 4. The third-order valence-electron chi connectivity index (χ3n) is 5.19. The molecule has 0 bridgehead atoms. The average Bonchev–Trinajstić information content (AvgIpc) is 3.32. The molecular weight excluding hydrogens is 442 g/mol. The maximum Gasteiger partial charge on any atom is 0.250 e. The summed E-state index contributed by atoms with van der Waals surface area (Å²) in [6, 6.07) is 33.9. The van der Waals surface area contributed by atoms with Crippen LogP contribution in [-0.2, 0) is 4.79 Å². The summed E-state index contributed by atoms with van der Waals surface area (Å²) in [6.07, 6.45) is 1.65. The second kappa shape index (κ2) is 10.1. The first kappa shape index (κ1) is 21.6. The predicted octanol–water partition coefficient (Wildman–Crippen LogP) is 5.33. The molecule has 1 N–H and O–H groups in total. The lowest BCUT2D eigenvalue weighted by Gasteiger charge is -2.10. The SMILES string of the molecule is O=C(CSc1nnc(-c2ccccc2)n1-c1ccccc1)N/N=C/c1ccc2ccccc2c1. The van der Waals surface area contributed by atoms with Gasteiger partial charge in [-0.3, -0.25) is 9.36 Å². The number of carbonyl (C=O) groups excluding carboxylic acids is 1. The number of aromatic nitrogens is 3. The van der Waals surface area contributed by atoms with Crippen LogP contribution in [0.1, 0.15) is 5.56 Å². The lowest BCUT2D eigenvalue weighted by atomic mass is 10.1. The molecule has 1 heterocycles. The number of thioether (sulfide) groups is 1. The maximum absolute atomic E-state index is 12.4. The smallest absolute Gasteiger partial charge is 0.250 e. The number of hydrogen-bond donors (Lipinski definition) is 1.